The van der Waals surface area contributed by atoms with Crippen LogP contribution in [0, 0.1) is 0 Å². The number of carbonyl (C=O) groups is 1. The van der Waals surface area contributed by atoms with Gasteiger partial charge in [-0.3, -0.25) is 4.79 Å². The van der Waals surface area contributed by atoms with Crippen LogP contribution in [0.25, 0.3) is 0 Å². The van der Waals surface area contributed by atoms with Gasteiger partial charge in [0.05, 0.1) is 24.9 Å². The van der Waals surface area contributed by atoms with Crippen LogP contribution in [0.1, 0.15) is 12.1 Å². The molecule has 6 heteroatoms. The first-order chi connectivity index (χ1) is 9.61. The number of para-hydroxylation sites is 2. The van der Waals surface area contributed by atoms with E-state index in [2.05, 4.69) is 4.98 Å². The van der Waals surface area contributed by atoms with Crippen LogP contribution in [0.15, 0.2) is 29.6 Å². The quantitative estimate of drug-likeness (QED) is 0.887. The van der Waals surface area contributed by atoms with Gasteiger partial charge >= 0.3 is 5.97 Å². The molecule has 0 fully saturated rings. The molecule has 0 amide bonds. The normalized spacial score (nSPS) is 10.3. The van der Waals surface area contributed by atoms with Crippen LogP contribution in [0.3, 0.4) is 0 Å². The average molecular weight is 292 g/mol. The number of anilines is 2. The first-order valence-electron chi connectivity index (χ1n) is 6.14. The fourth-order valence-electron chi connectivity index (χ4n) is 1.81. The first-order valence-corrected chi connectivity index (χ1v) is 7.02. The van der Waals surface area contributed by atoms with Gasteiger partial charge in [-0.2, -0.15) is 0 Å². The summed E-state index contributed by atoms with van der Waals surface area (Å²) in [6, 6.07) is 7.70. The molecule has 0 spiro atoms. The molecule has 2 rings (SSSR count). The molecule has 0 saturated carbocycles. The summed E-state index contributed by atoms with van der Waals surface area (Å²) in [5.41, 5.74) is 1.73. The Morgan fingerprint density at radius 2 is 2.20 bits per heavy atom. The summed E-state index contributed by atoms with van der Waals surface area (Å²) in [5, 5.41) is 11.4. The number of aliphatic carboxylic acids is 1. The molecular formula is C14H16N2O3S. The highest BCUT2D eigenvalue weighted by atomic mass is 32.1. The summed E-state index contributed by atoms with van der Waals surface area (Å²) in [4.78, 5) is 17.0. The minimum absolute atomic E-state index is 0.0988. The molecule has 0 atom stereocenters. The number of thiazole rings is 1. The van der Waals surface area contributed by atoms with Gasteiger partial charge in [-0.05, 0) is 12.1 Å². The van der Waals surface area contributed by atoms with Crippen molar-refractivity contribution in [2.24, 2.45) is 0 Å². The number of benzene rings is 1. The first kappa shape index (κ1) is 14.3. The zero-order chi connectivity index (χ0) is 14.5. The lowest BCUT2D eigenvalue weighted by molar-refractivity contribution is -0.136. The van der Waals surface area contributed by atoms with E-state index in [1.807, 2.05) is 41.6 Å². The Morgan fingerprint density at radius 1 is 1.45 bits per heavy atom. The maximum atomic E-state index is 10.6. The molecule has 0 aliphatic carbocycles. The molecule has 0 aliphatic heterocycles. The molecule has 0 bridgehead atoms. The van der Waals surface area contributed by atoms with Gasteiger partial charge in [-0.25, -0.2) is 4.98 Å². The Kier molecular flexibility index (Phi) is 4.57. The Bertz CT molecular complexity index is 598. The van der Waals surface area contributed by atoms with Crippen LogP contribution in [0.5, 0.6) is 5.75 Å². The van der Waals surface area contributed by atoms with E-state index in [4.69, 9.17) is 9.84 Å². The van der Waals surface area contributed by atoms with Gasteiger partial charge in [-0.15, -0.1) is 11.3 Å². The standard InChI is InChI=1S/C14H16N2O3S/c1-16(11-5-3-4-6-12(11)19-2)14-15-10(9-20-14)7-8-13(17)18/h3-6,9H,7-8H2,1-2H3,(H,17,18). The maximum Gasteiger partial charge on any atom is 0.303 e. The van der Waals surface area contributed by atoms with Gasteiger partial charge in [0.25, 0.3) is 0 Å². The second-order valence-corrected chi connectivity index (χ2v) is 5.08. The maximum absolute atomic E-state index is 10.6. The summed E-state index contributed by atoms with van der Waals surface area (Å²) in [7, 11) is 3.55. The van der Waals surface area contributed by atoms with E-state index in [9.17, 15) is 4.79 Å². The van der Waals surface area contributed by atoms with Crippen LogP contribution in [0.4, 0.5) is 10.8 Å². The lowest BCUT2D eigenvalue weighted by Crippen LogP contribution is -2.10. The number of hydrogen-bond acceptors (Lipinski definition) is 5. The van der Waals surface area contributed by atoms with Crippen molar-refractivity contribution < 1.29 is 14.6 Å². The molecule has 20 heavy (non-hydrogen) atoms. The van der Waals surface area contributed by atoms with Gasteiger partial charge in [0.1, 0.15) is 5.75 Å². The van der Waals surface area contributed by atoms with E-state index in [1.165, 1.54) is 11.3 Å². The number of hydrogen-bond donors (Lipinski definition) is 1. The second-order valence-electron chi connectivity index (χ2n) is 4.25. The van der Waals surface area contributed by atoms with Gasteiger partial charge in [0.15, 0.2) is 5.13 Å². The molecule has 5 nitrogen and oxygen atoms in total. The number of aryl methyl sites for hydroxylation is 1. The summed E-state index contributed by atoms with van der Waals surface area (Å²) in [5.74, 6) is -0.0325. The number of methoxy groups -OCH3 is 1. The molecule has 106 valence electrons. The van der Waals surface area contributed by atoms with Gasteiger partial charge in [-0.1, -0.05) is 12.1 Å². The van der Waals surface area contributed by atoms with E-state index >= 15 is 0 Å². The lowest BCUT2D eigenvalue weighted by atomic mass is 10.2. The highest BCUT2D eigenvalue weighted by molar-refractivity contribution is 7.13. The summed E-state index contributed by atoms with van der Waals surface area (Å²) < 4.78 is 5.33. The SMILES string of the molecule is COc1ccccc1N(C)c1nc(CCC(=O)O)cs1. The van der Waals surface area contributed by atoms with E-state index in [-0.39, 0.29) is 6.42 Å². The Balaban J connectivity index is 2.16. The van der Waals surface area contributed by atoms with Gasteiger partial charge in [0, 0.05) is 18.8 Å². The van der Waals surface area contributed by atoms with E-state index in [0.717, 1.165) is 22.3 Å². The Labute approximate surface area is 121 Å². The van der Waals surface area contributed by atoms with E-state index < -0.39 is 5.97 Å². The minimum atomic E-state index is -0.808. The Hall–Kier alpha value is -2.08. The topological polar surface area (TPSA) is 62.7 Å². The van der Waals surface area contributed by atoms with Gasteiger partial charge in [0.2, 0.25) is 0 Å². The molecule has 1 aromatic carbocycles. The third kappa shape index (κ3) is 3.27. The second kappa shape index (κ2) is 6.38. The zero-order valence-corrected chi connectivity index (χ0v) is 12.2. The fourth-order valence-corrected chi connectivity index (χ4v) is 2.65. The summed E-state index contributed by atoms with van der Waals surface area (Å²) in [6.07, 6.45) is 0.549. The number of nitrogens with zero attached hydrogens (tertiary/aromatic N) is 2. The average Bonchev–Trinajstić information content (AvgIpc) is 2.93. The predicted octanol–water partition coefficient (Wildman–Crippen LogP) is 2.94. The third-order valence-electron chi connectivity index (χ3n) is 2.87. The fraction of sp³-hybridized carbons (Fsp3) is 0.286. The molecular weight excluding hydrogens is 276 g/mol. The van der Waals surface area contributed by atoms with Crippen LogP contribution in [-0.4, -0.2) is 30.2 Å². The number of carboxylic acids is 1. The molecule has 0 saturated heterocycles. The Morgan fingerprint density at radius 3 is 2.90 bits per heavy atom. The van der Waals surface area contributed by atoms with E-state index in [0.29, 0.717) is 6.42 Å². The van der Waals surface area contributed by atoms with Crippen LogP contribution in [0.2, 0.25) is 0 Å². The highest BCUT2D eigenvalue weighted by Crippen LogP contribution is 2.33. The zero-order valence-electron chi connectivity index (χ0n) is 11.4. The molecule has 0 radical (unpaired) electrons. The number of ether oxygens (including phenoxy) is 1. The van der Waals surface area contributed by atoms with Crippen molar-refractivity contribution in [2.45, 2.75) is 12.8 Å². The highest BCUT2D eigenvalue weighted by Gasteiger charge is 2.13. The number of aromatic nitrogens is 1. The van der Waals surface area contributed by atoms with Crippen molar-refractivity contribution in [3.8, 4) is 5.75 Å². The molecule has 1 heterocycles. The van der Waals surface area contributed by atoms with Crippen LogP contribution in [-0.2, 0) is 11.2 Å². The molecule has 0 unspecified atom stereocenters. The van der Waals surface area contributed by atoms with Crippen molar-refractivity contribution >= 4 is 28.1 Å². The van der Waals surface area contributed by atoms with Crippen LogP contribution >= 0.6 is 11.3 Å². The van der Waals surface area contributed by atoms with Crippen molar-refractivity contribution in [1.82, 2.24) is 4.98 Å². The molecule has 2 aromatic rings. The van der Waals surface area contributed by atoms with Gasteiger partial charge < -0.3 is 14.7 Å². The largest absolute Gasteiger partial charge is 0.495 e. The predicted molar refractivity (Wildman–Crippen MR) is 79.1 cm³/mol. The molecule has 0 aliphatic rings. The van der Waals surface area contributed by atoms with Crippen molar-refractivity contribution in [3.05, 3.63) is 35.3 Å². The number of rotatable bonds is 6. The number of carboxylic acid groups (broad SMARTS) is 1. The van der Waals surface area contributed by atoms with Crippen molar-refractivity contribution in [2.75, 3.05) is 19.1 Å². The van der Waals surface area contributed by atoms with Crippen LogP contribution < -0.4 is 9.64 Å². The van der Waals surface area contributed by atoms with Crippen molar-refractivity contribution in [3.63, 3.8) is 0 Å². The summed E-state index contributed by atoms with van der Waals surface area (Å²) in [6.45, 7) is 0. The minimum Gasteiger partial charge on any atom is -0.495 e. The summed E-state index contributed by atoms with van der Waals surface area (Å²) >= 11 is 1.49. The monoisotopic (exact) mass is 292 g/mol. The van der Waals surface area contributed by atoms with E-state index in [1.54, 1.807) is 7.11 Å². The molecule has 1 aromatic heterocycles. The van der Waals surface area contributed by atoms with Crippen molar-refractivity contribution in [1.29, 1.82) is 0 Å². The lowest BCUT2D eigenvalue weighted by Gasteiger charge is -2.18. The molecule has 1 N–H and O–H groups in total. The third-order valence-corrected chi connectivity index (χ3v) is 3.83. The smallest absolute Gasteiger partial charge is 0.303 e.